The zero-order valence-electron chi connectivity index (χ0n) is 9.10. The van der Waals surface area contributed by atoms with Crippen LogP contribution in [0.2, 0.25) is 0 Å². The molecule has 1 aromatic rings. The van der Waals surface area contributed by atoms with E-state index >= 15 is 0 Å². The molecule has 90 valence electrons. The van der Waals surface area contributed by atoms with E-state index in [0.717, 1.165) is 4.47 Å². The second-order valence-corrected chi connectivity index (χ2v) is 4.85. The molecule has 0 saturated carbocycles. The van der Waals surface area contributed by atoms with Gasteiger partial charge in [0.1, 0.15) is 0 Å². The van der Waals surface area contributed by atoms with E-state index in [2.05, 4.69) is 20.9 Å². The number of hydrogen-bond donors (Lipinski definition) is 1. The maximum Gasteiger partial charge on any atom is 0.246 e. The van der Waals surface area contributed by atoms with Crippen LogP contribution in [0.25, 0.3) is 0 Å². The number of nitrogens with zero attached hydrogens (tertiary/aromatic N) is 2. The van der Waals surface area contributed by atoms with Crippen LogP contribution in [0.5, 0.6) is 0 Å². The van der Waals surface area contributed by atoms with Gasteiger partial charge in [-0.15, -0.1) is 0 Å². The minimum atomic E-state index is -0.567. The summed E-state index contributed by atoms with van der Waals surface area (Å²) in [5.41, 5.74) is 6.31. The molecule has 0 spiro atoms. The molecular formula is C11H12BrN3O2. The average molecular weight is 298 g/mol. The minimum Gasteiger partial charge on any atom is -0.320 e. The largest absolute Gasteiger partial charge is 0.320 e. The van der Waals surface area contributed by atoms with Crippen LogP contribution in [0, 0.1) is 0 Å². The summed E-state index contributed by atoms with van der Waals surface area (Å²) >= 11 is 3.27. The van der Waals surface area contributed by atoms with E-state index in [9.17, 15) is 9.59 Å². The number of imide groups is 1. The number of hydrogen-bond acceptors (Lipinski definition) is 4. The van der Waals surface area contributed by atoms with E-state index in [0.29, 0.717) is 18.5 Å². The van der Waals surface area contributed by atoms with Crippen LogP contribution in [0.3, 0.4) is 0 Å². The van der Waals surface area contributed by atoms with E-state index in [1.807, 2.05) is 6.07 Å². The lowest BCUT2D eigenvalue weighted by molar-refractivity contribution is -0.149. The van der Waals surface area contributed by atoms with Gasteiger partial charge in [-0.25, -0.2) is 0 Å². The minimum absolute atomic E-state index is 0.179. The highest BCUT2D eigenvalue weighted by Gasteiger charge is 2.31. The fraction of sp³-hybridized carbons (Fsp3) is 0.364. The number of pyridine rings is 1. The van der Waals surface area contributed by atoms with Crippen molar-refractivity contribution >= 4 is 27.7 Å². The first-order chi connectivity index (χ1) is 8.08. The molecule has 2 heterocycles. The van der Waals surface area contributed by atoms with Gasteiger partial charge in [-0.3, -0.25) is 19.5 Å². The summed E-state index contributed by atoms with van der Waals surface area (Å²) < 4.78 is 0.856. The van der Waals surface area contributed by atoms with Crippen LogP contribution in [0.15, 0.2) is 22.8 Å². The van der Waals surface area contributed by atoms with Gasteiger partial charge in [0.15, 0.2) is 0 Å². The monoisotopic (exact) mass is 297 g/mol. The van der Waals surface area contributed by atoms with Crippen molar-refractivity contribution in [3.05, 3.63) is 28.5 Å². The number of halogens is 1. The van der Waals surface area contributed by atoms with Crippen molar-refractivity contribution in [2.75, 3.05) is 0 Å². The SMILES string of the molecule is NC1CCC(=O)N(Cc2ccc(Br)cn2)C1=O. The number of likely N-dealkylation sites (tertiary alicyclic amines) is 1. The number of piperidine rings is 1. The number of amides is 2. The lowest BCUT2D eigenvalue weighted by Crippen LogP contribution is -2.50. The predicted molar refractivity (Wildman–Crippen MR) is 64.7 cm³/mol. The molecule has 5 nitrogen and oxygen atoms in total. The Kier molecular flexibility index (Phi) is 3.54. The fourth-order valence-corrected chi connectivity index (χ4v) is 1.92. The van der Waals surface area contributed by atoms with Crippen molar-refractivity contribution in [2.24, 2.45) is 5.73 Å². The maximum atomic E-state index is 11.8. The van der Waals surface area contributed by atoms with Crippen LogP contribution < -0.4 is 5.73 Å². The summed E-state index contributed by atoms with van der Waals surface area (Å²) in [6, 6.07) is 3.02. The topological polar surface area (TPSA) is 76.3 Å². The van der Waals surface area contributed by atoms with E-state index in [4.69, 9.17) is 5.73 Å². The Morgan fingerprint density at radius 1 is 1.47 bits per heavy atom. The molecular weight excluding hydrogens is 286 g/mol. The van der Waals surface area contributed by atoms with Crippen molar-refractivity contribution in [1.29, 1.82) is 0 Å². The lowest BCUT2D eigenvalue weighted by atomic mass is 10.0. The molecule has 6 heteroatoms. The Hall–Kier alpha value is -1.27. The highest BCUT2D eigenvalue weighted by Crippen LogP contribution is 2.15. The molecule has 0 radical (unpaired) electrons. The Labute approximate surface area is 107 Å². The highest BCUT2D eigenvalue weighted by molar-refractivity contribution is 9.10. The second-order valence-electron chi connectivity index (χ2n) is 3.93. The van der Waals surface area contributed by atoms with Crippen LogP contribution >= 0.6 is 15.9 Å². The zero-order chi connectivity index (χ0) is 12.4. The van der Waals surface area contributed by atoms with Gasteiger partial charge >= 0.3 is 0 Å². The normalized spacial score (nSPS) is 20.8. The Morgan fingerprint density at radius 2 is 2.24 bits per heavy atom. The van der Waals surface area contributed by atoms with Gasteiger partial charge in [0.2, 0.25) is 11.8 Å². The van der Waals surface area contributed by atoms with Gasteiger partial charge in [0, 0.05) is 17.1 Å². The molecule has 1 fully saturated rings. The first-order valence-corrected chi connectivity index (χ1v) is 6.07. The van der Waals surface area contributed by atoms with Gasteiger partial charge in [0.25, 0.3) is 0 Å². The molecule has 0 bridgehead atoms. The molecule has 0 aliphatic carbocycles. The second kappa shape index (κ2) is 4.93. The van der Waals surface area contributed by atoms with E-state index in [-0.39, 0.29) is 18.4 Å². The summed E-state index contributed by atoms with van der Waals surface area (Å²) in [5, 5.41) is 0. The Balaban J connectivity index is 2.13. The quantitative estimate of drug-likeness (QED) is 0.820. The summed E-state index contributed by atoms with van der Waals surface area (Å²) in [7, 11) is 0. The van der Waals surface area contributed by atoms with Gasteiger partial charge in [-0.05, 0) is 34.5 Å². The van der Waals surface area contributed by atoms with E-state index < -0.39 is 6.04 Å². The Bertz CT molecular complexity index is 447. The lowest BCUT2D eigenvalue weighted by Gasteiger charge is -2.28. The van der Waals surface area contributed by atoms with Crippen molar-refractivity contribution in [1.82, 2.24) is 9.88 Å². The molecule has 1 aliphatic rings. The number of aromatic nitrogens is 1. The van der Waals surface area contributed by atoms with Crippen LogP contribution in [-0.2, 0) is 16.1 Å². The molecule has 17 heavy (non-hydrogen) atoms. The molecule has 1 aromatic heterocycles. The van der Waals surface area contributed by atoms with Gasteiger partial charge in [-0.1, -0.05) is 0 Å². The molecule has 0 aromatic carbocycles. The van der Waals surface area contributed by atoms with Crippen LogP contribution in [0.1, 0.15) is 18.5 Å². The van der Waals surface area contributed by atoms with Gasteiger partial charge < -0.3 is 5.73 Å². The van der Waals surface area contributed by atoms with Gasteiger partial charge in [-0.2, -0.15) is 0 Å². The Morgan fingerprint density at radius 3 is 2.88 bits per heavy atom. The highest BCUT2D eigenvalue weighted by atomic mass is 79.9. The fourth-order valence-electron chi connectivity index (χ4n) is 1.69. The maximum absolute atomic E-state index is 11.8. The molecule has 2 rings (SSSR count). The smallest absolute Gasteiger partial charge is 0.246 e. The number of carbonyl (C=O) groups excluding carboxylic acids is 2. The molecule has 2 amide bonds. The predicted octanol–water partition coefficient (Wildman–Crippen LogP) is 0.820. The number of nitrogens with two attached hydrogens (primary N) is 1. The third-order valence-electron chi connectivity index (χ3n) is 2.66. The van der Waals surface area contributed by atoms with E-state index in [1.165, 1.54) is 4.90 Å². The van der Waals surface area contributed by atoms with Crippen molar-refractivity contribution < 1.29 is 9.59 Å². The molecule has 1 atom stereocenters. The van der Waals surface area contributed by atoms with Crippen LogP contribution in [-0.4, -0.2) is 27.7 Å². The standard InChI is InChI=1S/C11H12BrN3O2/c12-7-1-2-8(14-5-7)6-15-10(16)4-3-9(13)11(15)17/h1-2,5,9H,3-4,6,13H2. The summed E-state index contributed by atoms with van der Waals surface area (Å²) in [6.45, 7) is 0.193. The molecule has 1 unspecified atom stereocenters. The third-order valence-corrected chi connectivity index (χ3v) is 3.13. The first kappa shape index (κ1) is 12.2. The van der Waals surface area contributed by atoms with E-state index in [1.54, 1.807) is 12.3 Å². The number of carbonyl (C=O) groups is 2. The summed E-state index contributed by atoms with van der Waals surface area (Å²) in [4.78, 5) is 28.7. The van der Waals surface area contributed by atoms with Crippen molar-refractivity contribution in [3.8, 4) is 0 Å². The number of rotatable bonds is 2. The average Bonchev–Trinajstić information content (AvgIpc) is 2.32. The van der Waals surface area contributed by atoms with Crippen molar-refractivity contribution in [3.63, 3.8) is 0 Å². The molecule has 1 aliphatic heterocycles. The summed E-state index contributed by atoms with van der Waals surface area (Å²) in [6.07, 6.45) is 2.39. The van der Waals surface area contributed by atoms with Crippen LogP contribution in [0.4, 0.5) is 0 Å². The summed E-state index contributed by atoms with van der Waals surface area (Å²) in [5.74, 6) is -0.493. The zero-order valence-corrected chi connectivity index (χ0v) is 10.7. The first-order valence-electron chi connectivity index (χ1n) is 5.28. The molecule has 1 saturated heterocycles. The third kappa shape index (κ3) is 2.70. The molecule has 2 N–H and O–H groups in total. The van der Waals surface area contributed by atoms with Crippen molar-refractivity contribution in [2.45, 2.75) is 25.4 Å². The van der Waals surface area contributed by atoms with Gasteiger partial charge in [0.05, 0.1) is 18.3 Å².